The molecule has 0 unspecified atom stereocenters. The quantitative estimate of drug-likeness (QED) is 0.751. The van der Waals surface area contributed by atoms with Crippen LogP contribution < -0.4 is 5.32 Å². The number of hydrogen-bond acceptors (Lipinski definition) is 4. The zero-order valence-electron chi connectivity index (χ0n) is 18.3. The minimum Gasteiger partial charge on any atom is -0.385 e. The summed E-state index contributed by atoms with van der Waals surface area (Å²) in [5.74, 6) is 1.05. The number of nitriles is 1. The van der Waals surface area contributed by atoms with Crippen molar-refractivity contribution < 1.29 is 9.53 Å². The Labute approximate surface area is 179 Å². The number of para-hydroxylation sites is 1. The standard InChI is InChI=1S/C24H32N4O2/c1-18-19(2)28(21-10-5-4-6-11-21)24(22(18)15-25)26-23(29)17-27-13-8-7-9-20(16-27)12-14-30-3/h4-6,10-11,20H,7-9,12-14,16-17H2,1-3H3,(H,26,29)/t20-/m0/s1. The molecule has 1 aromatic carbocycles. The average Bonchev–Trinajstić information content (AvgIpc) is 2.88. The van der Waals surface area contributed by atoms with Crippen molar-refractivity contribution in [3.05, 3.63) is 47.2 Å². The van der Waals surface area contributed by atoms with Gasteiger partial charge >= 0.3 is 0 Å². The summed E-state index contributed by atoms with van der Waals surface area (Å²) in [6.07, 6.45) is 4.52. The highest BCUT2D eigenvalue weighted by Crippen LogP contribution is 2.30. The molecule has 160 valence electrons. The highest BCUT2D eigenvalue weighted by Gasteiger charge is 2.23. The van der Waals surface area contributed by atoms with E-state index in [2.05, 4.69) is 16.3 Å². The number of carbonyl (C=O) groups excluding carboxylic acids is 1. The first-order valence-corrected chi connectivity index (χ1v) is 10.7. The van der Waals surface area contributed by atoms with Crippen molar-refractivity contribution in [3.63, 3.8) is 0 Å². The number of ether oxygens (including phenoxy) is 1. The highest BCUT2D eigenvalue weighted by molar-refractivity contribution is 5.93. The third kappa shape index (κ3) is 5.10. The van der Waals surface area contributed by atoms with Crippen molar-refractivity contribution in [2.45, 2.75) is 39.5 Å². The van der Waals surface area contributed by atoms with Gasteiger partial charge in [-0.15, -0.1) is 0 Å². The zero-order chi connectivity index (χ0) is 21.5. The van der Waals surface area contributed by atoms with Crippen molar-refractivity contribution in [3.8, 4) is 11.8 Å². The molecule has 1 aliphatic rings. The Balaban J connectivity index is 1.78. The molecular formula is C24H32N4O2. The van der Waals surface area contributed by atoms with Crippen molar-refractivity contribution in [1.82, 2.24) is 9.47 Å². The van der Waals surface area contributed by atoms with Gasteiger partial charge in [0, 0.05) is 31.6 Å². The van der Waals surface area contributed by atoms with Crippen LogP contribution in [0.25, 0.3) is 5.69 Å². The first-order chi connectivity index (χ1) is 14.5. The number of anilines is 1. The third-order valence-electron chi connectivity index (χ3n) is 6.05. The second kappa shape index (κ2) is 10.4. The molecule has 0 radical (unpaired) electrons. The molecule has 2 aromatic rings. The van der Waals surface area contributed by atoms with Crippen LogP contribution in [0.3, 0.4) is 0 Å². The average molecular weight is 409 g/mol. The van der Waals surface area contributed by atoms with E-state index in [9.17, 15) is 10.1 Å². The van der Waals surface area contributed by atoms with Gasteiger partial charge in [0.2, 0.25) is 5.91 Å². The molecule has 1 saturated heterocycles. The van der Waals surface area contributed by atoms with E-state index in [0.717, 1.165) is 49.5 Å². The molecule has 1 amide bonds. The van der Waals surface area contributed by atoms with Crippen LogP contribution in [0.5, 0.6) is 0 Å². The molecule has 3 rings (SSSR count). The number of carbonyl (C=O) groups is 1. The SMILES string of the molecule is COCC[C@@H]1CCCCN(CC(=O)Nc2c(C#N)c(C)c(C)n2-c2ccccc2)C1. The summed E-state index contributed by atoms with van der Waals surface area (Å²) in [7, 11) is 1.74. The lowest BCUT2D eigenvalue weighted by molar-refractivity contribution is -0.117. The van der Waals surface area contributed by atoms with Gasteiger partial charge in [-0.3, -0.25) is 14.3 Å². The van der Waals surface area contributed by atoms with E-state index in [4.69, 9.17) is 4.74 Å². The summed E-state index contributed by atoms with van der Waals surface area (Å²) in [6.45, 7) is 6.86. The lowest BCUT2D eigenvalue weighted by Crippen LogP contribution is -2.36. The Morgan fingerprint density at radius 2 is 2.03 bits per heavy atom. The van der Waals surface area contributed by atoms with E-state index in [1.807, 2.05) is 48.7 Å². The number of hydrogen-bond donors (Lipinski definition) is 1. The summed E-state index contributed by atoms with van der Waals surface area (Å²) in [5.41, 5.74) is 3.32. The normalized spacial score (nSPS) is 17.3. The van der Waals surface area contributed by atoms with Gasteiger partial charge in [0.05, 0.1) is 12.1 Å². The molecule has 1 aromatic heterocycles. The molecule has 1 N–H and O–H groups in total. The minimum absolute atomic E-state index is 0.0754. The van der Waals surface area contributed by atoms with Crippen LogP contribution in [-0.2, 0) is 9.53 Å². The second-order valence-corrected chi connectivity index (χ2v) is 8.14. The first-order valence-electron chi connectivity index (χ1n) is 10.7. The van der Waals surface area contributed by atoms with Crippen LogP contribution in [0.4, 0.5) is 5.82 Å². The fourth-order valence-electron chi connectivity index (χ4n) is 4.32. The lowest BCUT2D eigenvalue weighted by atomic mass is 10.0. The molecule has 6 heteroatoms. The smallest absolute Gasteiger partial charge is 0.239 e. The van der Waals surface area contributed by atoms with E-state index in [1.165, 1.54) is 12.8 Å². The van der Waals surface area contributed by atoms with E-state index in [1.54, 1.807) is 7.11 Å². The maximum absolute atomic E-state index is 13.0. The molecule has 1 aliphatic heterocycles. The van der Waals surface area contributed by atoms with Gasteiger partial charge in [0.25, 0.3) is 0 Å². The predicted molar refractivity (Wildman–Crippen MR) is 119 cm³/mol. The molecule has 0 aliphatic carbocycles. The largest absolute Gasteiger partial charge is 0.385 e. The van der Waals surface area contributed by atoms with Gasteiger partial charge < -0.3 is 10.1 Å². The van der Waals surface area contributed by atoms with Crippen molar-refractivity contribution in [2.75, 3.05) is 38.7 Å². The molecule has 2 heterocycles. The molecule has 0 bridgehead atoms. The van der Waals surface area contributed by atoms with Gasteiger partial charge in [-0.1, -0.05) is 24.6 Å². The Kier molecular flexibility index (Phi) is 7.67. The fraction of sp³-hybridized carbons (Fsp3) is 0.500. The fourth-order valence-corrected chi connectivity index (χ4v) is 4.32. The van der Waals surface area contributed by atoms with Gasteiger partial charge in [-0.2, -0.15) is 5.26 Å². The lowest BCUT2D eigenvalue weighted by Gasteiger charge is -2.24. The second-order valence-electron chi connectivity index (χ2n) is 8.14. The van der Waals surface area contributed by atoms with Crippen LogP contribution in [0, 0.1) is 31.1 Å². The van der Waals surface area contributed by atoms with E-state index in [-0.39, 0.29) is 5.91 Å². The molecule has 1 atom stereocenters. The Morgan fingerprint density at radius 3 is 2.73 bits per heavy atom. The maximum Gasteiger partial charge on any atom is 0.239 e. The molecular weight excluding hydrogens is 376 g/mol. The van der Waals surface area contributed by atoms with Crippen molar-refractivity contribution in [1.29, 1.82) is 5.26 Å². The van der Waals surface area contributed by atoms with Gasteiger partial charge in [-0.25, -0.2) is 0 Å². The van der Waals surface area contributed by atoms with Crippen LogP contribution in [0.15, 0.2) is 30.3 Å². The first kappa shape index (κ1) is 22.1. The van der Waals surface area contributed by atoms with Crippen LogP contribution in [0.1, 0.15) is 42.5 Å². The maximum atomic E-state index is 13.0. The van der Waals surface area contributed by atoms with Gasteiger partial charge in [0.15, 0.2) is 0 Å². The topological polar surface area (TPSA) is 70.3 Å². The Bertz CT molecular complexity index is 898. The van der Waals surface area contributed by atoms with Gasteiger partial charge in [0.1, 0.15) is 11.9 Å². The third-order valence-corrected chi connectivity index (χ3v) is 6.05. The molecule has 0 spiro atoms. The minimum atomic E-state index is -0.0754. The summed E-state index contributed by atoms with van der Waals surface area (Å²) in [6, 6.07) is 12.1. The summed E-state index contributed by atoms with van der Waals surface area (Å²) >= 11 is 0. The summed E-state index contributed by atoms with van der Waals surface area (Å²) < 4.78 is 7.21. The van der Waals surface area contributed by atoms with Crippen LogP contribution in [0.2, 0.25) is 0 Å². The summed E-state index contributed by atoms with van der Waals surface area (Å²) in [4.78, 5) is 15.2. The number of methoxy groups -OCH3 is 1. The van der Waals surface area contributed by atoms with Crippen LogP contribution >= 0.6 is 0 Å². The molecule has 0 saturated carbocycles. The molecule has 1 fully saturated rings. The van der Waals surface area contributed by atoms with E-state index in [0.29, 0.717) is 23.8 Å². The zero-order valence-corrected chi connectivity index (χ0v) is 18.3. The van der Waals surface area contributed by atoms with Crippen molar-refractivity contribution in [2.24, 2.45) is 5.92 Å². The van der Waals surface area contributed by atoms with Crippen molar-refractivity contribution >= 4 is 11.7 Å². The number of amides is 1. The number of likely N-dealkylation sites (tertiary alicyclic amines) is 1. The monoisotopic (exact) mass is 408 g/mol. The Morgan fingerprint density at radius 1 is 1.27 bits per heavy atom. The van der Waals surface area contributed by atoms with E-state index >= 15 is 0 Å². The number of nitrogens with zero attached hydrogens (tertiary/aromatic N) is 3. The van der Waals surface area contributed by atoms with E-state index < -0.39 is 0 Å². The van der Waals surface area contributed by atoms with Gasteiger partial charge in [-0.05, 0) is 63.3 Å². The highest BCUT2D eigenvalue weighted by atomic mass is 16.5. The Hall–Kier alpha value is -2.62. The number of nitrogens with one attached hydrogen (secondary N) is 1. The number of rotatable bonds is 7. The van der Waals surface area contributed by atoms with Crippen LogP contribution in [-0.4, -0.2) is 48.7 Å². The predicted octanol–water partition coefficient (Wildman–Crippen LogP) is 4.04. The number of benzene rings is 1. The molecule has 30 heavy (non-hydrogen) atoms. The molecule has 6 nitrogen and oxygen atoms in total. The summed E-state index contributed by atoms with van der Waals surface area (Å²) in [5, 5.41) is 12.8. The number of aromatic nitrogens is 1.